The van der Waals surface area contributed by atoms with E-state index in [9.17, 15) is 17.6 Å². The molecule has 0 saturated carbocycles. The fourth-order valence-electron chi connectivity index (χ4n) is 2.55. The van der Waals surface area contributed by atoms with Crippen molar-refractivity contribution in [2.45, 2.75) is 37.2 Å². The number of alkyl halides is 3. The Morgan fingerprint density at radius 2 is 1.93 bits per heavy atom. The first-order chi connectivity index (χ1) is 13.8. The van der Waals surface area contributed by atoms with Crippen molar-refractivity contribution in [1.82, 2.24) is 14.8 Å². The van der Waals surface area contributed by atoms with Crippen LogP contribution in [0.3, 0.4) is 0 Å². The maximum absolute atomic E-state index is 13.2. The largest absolute Gasteiger partial charge is 0.486 e. The Hall–Kier alpha value is -2.26. The molecule has 1 heterocycles. The van der Waals surface area contributed by atoms with Gasteiger partial charge in [-0.2, -0.15) is 13.2 Å². The van der Waals surface area contributed by atoms with E-state index in [2.05, 4.69) is 10.2 Å². The Balaban J connectivity index is 1.67. The van der Waals surface area contributed by atoms with Crippen molar-refractivity contribution in [3.05, 3.63) is 70.3 Å². The van der Waals surface area contributed by atoms with E-state index in [0.717, 1.165) is 12.1 Å². The molecule has 0 radical (unpaired) electrons. The van der Waals surface area contributed by atoms with Gasteiger partial charge in [0.15, 0.2) is 11.0 Å². The molecule has 0 bridgehead atoms. The number of benzene rings is 2. The molecule has 0 amide bonds. The van der Waals surface area contributed by atoms with Crippen LogP contribution < -0.4 is 4.74 Å². The van der Waals surface area contributed by atoms with Gasteiger partial charge in [-0.05, 0) is 30.7 Å². The molecule has 0 N–H and O–H groups in total. The average Bonchev–Trinajstić information content (AvgIpc) is 3.08. The summed E-state index contributed by atoms with van der Waals surface area (Å²) in [5.41, 5.74) is -0.145. The highest BCUT2D eigenvalue weighted by atomic mass is 35.5. The molecule has 0 spiro atoms. The van der Waals surface area contributed by atoms with Gasteiger partial charge in [0.1, 0.15) is 18.2 Å². The van der Waals surface area contributed by atoms with Crippen molar-refractivity contribution in [2.75, 3.05) is 0 Å². The Morgan fingerprint density at radius 1 is 1.14 bits per heavy atom. The van der Waals surface area contributed by atoms with Gasteiger partial charge in [0.25, 0.3) is 0 Å². The molecule has 3 rings (SSSR count). The van der Waals surface area contributed by atoms with Crippen LogP contribution in [0.25, 0.3) is 0 Å². The Bertz CT molecular complexity index is 994. The van der Waals surface area contributed by atoms with Gasteiger partial charge >= 0.3 is 6.18 Å². The van der Waals surface area contributed by atoms with Crippen molar-refractivity contribution in [3.63, 3.8) is 0 Å². The second-order valence-electron chi connectivity index (χ2n) is 5.99. The summed E-state index contributed by atoms with van der Waals surface area (Å²) >= 11 is 7.02. The van der Waals surface area contributed by atoms with Crippen LogP contribution in [0.15, 0.2) is 47.6 Å². The predicted octanol–water partition coefficient (Wildman–Crippen LogP) is 5.98. The first-order valence-corrected chi connectivity index (χ1v) is 9.93. The standard InChI is InChI=1S/C19H16ClF4N3OS/c1-2-27-17(10-28-14-6-7-16(21)15(20)9-14)25-26-18(27)29-11-12-4-3-5-13(8-12)19(22,23)24/h3-9H,2,10-11H2,1H3. The lowest BCUT2D eigenvalue weighted by Gasteiger charge is -2.10. The van der Waals surface area contributed by atoms with E-state index in [0.29, 0.717) is 34.6 Å². The van der Waals surface area contributed by atoms with Crippen molar-refractivity contribution >= 4 is 23.4 Å². The lowest BCUT2D eigenvalue weighted by molar-refractivity contribution is -0.137. The first kappa shape index (κ1) is 21.4. The van der Waals surface area contributed by atoms with Crippen LogP contribution in [0.4, 0.5) is 17.6 Å². The van der Waals surface area contributed by atoms with Gasteiger partial charge in [0.05, 0.1) is 10.6 Å². The molecule has 2 aromatic carbocycles. The zero-order chi connectivity index (χ0) is 21.0. The zero-order valence-electron chi connectivity index (χ0n) is 15.2. The van der Waals surface area contributed by atoms with Crippen molar-refractivity contribution < 1.29 is 22.3 Å². The second kappa shape index (κ2) is 9.04. The van der Waals surface area contributed by atoms with Gasteiger partial charge in [-0.25, -0.2) is 4.39 Å². The third-order valence-corrected chi connectivity index (χ3v) is 5.32. The van der Waals surface area contributed by atoms with Crippen LogP contribution in [-0.4, -0.2) is 14.8 Å². The molecule has 0 unspecified atom stereocenters. The van der Waals surface area contributed by atoms with Crippen LogP contribution in [0, 0.1) is 5.82 Å². The number of nitrogens with zero attached hydrogens (tertiary/aromatic N) is 3. The summed E-state index contributed by atoms with van der Waals surface area (Å²) in [5, 5.41) is 8.72. The molecule has 0 fully saturated rings. The number of hydrogen-bond donors (Lipinski definition) is 0. The lowest BCUT2D eigenvalue weighted by atomic mass is 10.1. The fraction of sp³-hybridized carbons (Fsp3) is 0.263. The number of aromatic nitrogens is 3. The molecule has 0 atom stereocenters. The molecule has 10 heteroatoms. The van der Waals surface area contributed by atoms with Gasteiger partial charge < -0.3 is 9.30 Å². The average molecular weight is 446 g/mol. The first-order valence-electron chi connectivity index (χ1n) is 8.56. The van der Waals surface area contributed by atoms with Gasteiger partial charge in [-0.15, -0.1) is 10.2 Å². The molecule has 3 aromatic rings. The summed E-state index contributed by atoms with van der Waals surface area (Å²) in [7, 11) is 0. The predicted molar refractivity (Wildman–Crippen MR) is 102 cm³/mol. The molecule has 29 heavy (non-hydrogen) atoms. The molecule has 154 valence electrons. The SMILES string of the molecule is CCn1c(COc2ccc(F)c(Cl)c2)nnc1SCc1cccc(C(F)(F)F)c1. The van der Waals surface area contributed by atoms with Crippen LogP contribution in [0.1, 0.15) is 23.9 Å². The minimum absolute atomic E-state index is 0.0446. The molecule has 4 nitrogen and oxygen atoms in total. The van der Waals surface area contributed by atoms with Crippen LogP contribution in [0.5, 0.6) is 5.75 Å². The second-order valence-corrected chi connectivity index (χ2v) is 7.34. The fourth-order valence-corrected chi connectivity index (χ4v) is 3.68. The molecule has 0 aliphatic carbocycles. The van der Waals surface area contributed by atoms with Gasteiger partial charge in [0, 0.05) is 18.4 Å². The smallest absolute Gasteiger partial charge is 0.416 e. The summed E-state index contributed by atoms with van der Waals surface area (Å²) in [4.78, 5) is 0. The van der Waals surface area contributed by atoms with E-state index >= 15 is 0 Å². The normalized spacial score (nSPS) is 11.7. The van der Waals surface area contributed by atoms with Gasteiger partial charge in [-0.1, -0.05) is 41.6 Å². The number of ether oxygens (including phenoxy) is 1. The summed E-state index contributed by atoms with van der Waals surface area (Å²) in [6, 6.07) is 9.22. The molecule has 0 saturated heterocycles. The molecular weight excluding hydrogens is 430 g/mol. The summed E-state index contributed by atoms with van der Waals surface area (Å²) < 4.78 is 59.2. The van der Waals surface area contributed by atoms with E-state index < -0.39 is 17.6 Å². The maximum atomic E-state index is 13.2. The zero-order valence-corrected chi connectivity index (χ0v) is 16.8. The lowest BCUT2D eigenvalue weighted by Crippen LogP contribution is -2.07. The summed E-state index contributed by atoms with van der Waals surface area (Å²) in [6.45, 7) is 2.55. The van der Waals surface area contributed by atoms with Crippen LogP contribution in [-0.2, 0) is 25.1 Å². The summed E-state index contributed by atoms with van der Waals surface area (Å²) in [6.07, 6.45) is -4.38. The van der Waals surface area contributed by atoms with Crippen molar-refractivity contribution in [2.24, 2.45) is 0 Å². The Morgan fingerprint density at radius 3 is 2.62 bits per heavy atom. The highest BCUT2D eigenvalue weighted by molar-refractivity contribution is 7.98. The quantitative estimate of drug-likeness (QED) is 0.331. The van der Waals surface area contributed by atoms with Gasteiger partial charge in [-0.3, -0.25) is 0 Å². The molecule has 1 aromatic heterocycles. The third-order valence-electron chi connectivity index (χ3n) is 3.99. The van der Waals surface area contributed by atoms with Crippen molar-refractivity contribution in [3.8, 4) is 5.75 Å². The van der Waals surface area contributed by atoms with Crippen LogP contribution >= 0.6 is 23.4 Å². The van der Waals surface area contributed by atoms with E-state index in [1.807, 2.05) is 11.5 Å². The molecule has 0 aliphatic heterocycles. The number of halogens is 5. The number of rotatable bonds is 7. The minimum atomic E-state index is -4.38. The topological polar surface area (TPSA) is 39.9 Å². The van der Waals surface area contributed by atoms with E-state index in [1.54, 1.807) is 6.07 Å². The molecule has 0 aliphatic rings. The number of thioether (sulfide) groups is 1. The van der Waals surface area contributed by atoms with E-state index in [-0.39, 0.29) is 11.6 Å². The monoisotopic (exact) mass is 445 g/mol. The number of hydrogen-bond acceptors (Lipinski definition) is 4. The minimum Gasteiger partial charge on any atom is -0.486 e. The molecular formula is C19H16ClF4N3OS. The maximum Gasteiger partial charge on any atom is 0.416 e. The highest BCUT2D eigenvalue weighted by Gasteiger charge is 2.30. The Kier molecular flexibility index (Phi) is 6.69. The highest BCUT2D eigenvalue weighted by Crippen LogP contribution is 2.31. The van der Waals surface area contributed by atoms with E-state index in [1.165, 1.54) is 36.0 Å². The van der Waals surface area contributed by atoms with E-state index in [4.69, 9.17) is 16.3 Å². The van der Waals surface area contributed by atoms with Gasteiger partial charge in [0.2, 0.25) is 0 Å². The Labute approximate surface area is 173 Å². The van der Waals surface area contributed by atoms with Crippen molar-refractivity contribution in [1.29, 1.82) is 0 Å². The van der Waals surface area contributed by atoms with Crippen LogP contribution in [0.2, 0.25) is 5.02 Å². The third kappa shape index (κ3) is 5.42. The summed E-state index contributed by atoms with van der Waals surface area (Å²) in [5.74, 6) is 0.708.